The Kier molecular flexibility index (Phi) is 7.82. The Hall–Kier alpha value is -4.75. The molecule has 5 aromatic rings. The van der Waals surface area contributed by atoms with Crippen LogP contribution in [0.2, 0.25) is 0 Å². The fourth-order valence-corrected chi connectivity index (χ4v) is 5.59. The molecule has 0 unspecified atom stereocenters. The molecule has 0 atom stereocenters. The van der Waals surface area contributed by atoms with E-state index in [0.29, 0.717) is 24.4 Å². The van der Waals surface area contributed by atoms with Gasteiger partial charge in [-0.3, -0.25) is 19.4 Å². The molecule has 0 fully saturated rings. The van der Waals surface area contributed by atoms with E-state index in [1.165, 1.54) is 18.5 Å². The molecule has 12 nitrogen and oxygen atoms in total. The minimum Gasteiger partial charge on any atom is -0.378 e. The van der Waals surface area contributed by atoms with Gasteiger partial charge in [0.05, 0.1) is 64.1 Å². The molecule has 43 heavy (non-hydrogen) atoms. The second-order valence-electron chi connectivity index (χ2n) is 10.4. The summed E-state index contributed by atoms with van der Waals surface area (Å²) >= 11 is 0. The average molecular weight is 599 g/mol. The SMILES string of the molecule is COCc1cc2n(n1)CCCN(c1cccc(-c3ccc4cnc(CNC(=O)c5cncc(S(C)(=O)=O)c5)cc4n3)n1)C2. The van der Waals surface area contributed by atoms with Crippen LogP contribution in [0.4, 0.5) is 5.82 Å². The Morgan fingerprint density at radius 2 is 1.86 bits per heavy atom. The molecule has 5 aromatic heterocycles. The van der Waals surface area contributed by atoms with E-state index in [2.05, 4.69) is 36.0 Å². The topological polar surface area (TPSA) is 145 Å². The molecule has 0 aliphatic carbocycles. The van der Waals surface area contributed by atoms with Gasteiger partial charge in [0.1, 0.15) is 5.82 Å². The summed E-state index contributed by atoms with van der Waals surface area (Å²) in [5.74, 6) is 0.420. The van der Waals surface area contributed by atoms with Crippen molar-refractivity contribution in [1.29, 1.82) is 0 Å². The van der Waals surface area contributed by atoms with Crippen LogP contribution in [-0.2, 0) is 40.8 Å². The summed E-state index contributed by atoms with van der Waals surface area (Å²) < 4.78 is 30.9. The predicted molar refractivity (Wildman–Crippen MR) is 160 cm³/mol. The first-order valence-corrected chi connectivity index (χ1v) is 15.6. The summed E-state index contributed by atoms with van der Waals surface area (Å²) in [6.07, 6.45) is 6.27. The highest BCUT2D eigenvalue weighted by Crippen LogP contribution is 2.25. The number of fused-ring (bicyclic) bond motifs is 2. The third-order valence-electron chi connectivity index (χ3n) is 7.14. The van der Waals surface area contributed by atoms with Gasteiger partial charge in [-0.05, 0) is 48.9 Å². The van der Waals surface area contributed by atoms with E-state index < -0.39 is 15.7 Å². The van der Waals surface area contributed by atoms with Gasteiger partial charge < -0.3 is 15.0 Å². The summed E-state index contributed by atoms with van der Waals surface area (Å²) in [5, 5.41) is 8.29. The summed E-state index contributed by atoms with van der Waals surface area (Å²) in [4.78, 5) is 33.1. The van der Waals surface area contributed by atoms with Gasteiger partial charge >= 0.3 is 0 Å². The molecule has 1 N–H and O–H groups in total. The second-order valence-corrected chi connectivity index (χ2v) is 12.4. The van der Waals surface area contributed by atoms with Crippen molar-refractivity contribution in [2.75, 3.05) is 24.8 Å². The summed E-state index contributed by atoms with van der Waals surface area (Å²) in [6.45, 7) is 3.03. The molecule has 0 saturated heterocycles. The van der Waals surface area contributed by atoms with Crippen LogP contribution >= 0.6 is 0 Å². The lowest BCUT2D eigenvalue weighted by Gasteiger charge is -2.21. The molecule has 0 radical (unpaired) electrons. The number of anilines is 1. The van der Waals surface area contributed by atoms with Crippen molar-refractivity contribution < 1.29 is 17.9 Å². The quantitative estimate of drug-likeness (QED) is 0.283. The van der Waals surface area contributed by atoms with Crippen molar-refractivity contribution in [3.63, 3.8) is 0 Å². The average Bonchev–Trinajstić information content (AvgIpc) is 3.28. The number of rotatable bonds is 8. The lowest BCUT2D eigenvalue weighted by atomic mass is 10.2. The van der Waals surface area contributed by atoms with Crippen molar-refractivity contribution in [3.05, 3.63) is 89.8 Å². The first-order chi connectivity index (χ1) is 20.8. The molecule has 0 saturated carbocycles. The third-order valence-corrected chi connectivity index (χ3v) is 8.22. The standard InChI is InChI=1S/C30H30N8O4S/c1-42-19-23-12-24-18-37(9-4-10-38(24)36-23)29-6-3-5-26(35-29)27-8-7-20-15-32-22(13-28(20)34-27)16-33-30(39)21-11-25(17-31-14-21)43(2,40)41/h3,5-8,11-15,17H,4,9-10,16,18-19H2,1-2H3,(H,33,39). The number of aryl methyl sites for hydroxylation is 1. The maximum Gasteiger partial charge on any atom is 0.253 e. The van der Waals surface area contributed by atoms with Gasteiger partial charge in [0.25, 0.3) is 5.91 Å². The Balaban J connectivity index is 1.19. The normalized spacial score (nSPS) is 13.5. The molecule has 0 spiro atoms. The highest BCUT2D eigenvalue weighted by atomic mass is 32.2. The number of methoxy groups -OCH3 is 1. The van der Waals surface area contributed by atoms with Crippen molar-refractivity contribution in [2.45, 2.75) is 37.6 Å². The number of aromatic nitrogens is 6. The molecule has 1 amide bonds. The fourth-order valence-electron chi connectivity index (χ4n) is 4.99. The van der Waals surface area contributed by atoms with E-state index in [1.54, 1.807) is 13.3 Å². The van der Waals surface area contributed by atoms with Gasteiger partial charge in [0, 0.05) is 50.4 Å². The van der Waals surface area contributed by atoms with Crippen molar-refractivity contribution in [3.8, 4) is 11.4 Å². The lowest BCUT2D eigenvalue weighted by Crippen LogP contribution is -2.23. The molecular formula is C30H30N8O4S. The van der Waals surface area contributed by atoms with Crippen LogP contribution in [0.15, 0.2) is 72.0 Å². The number of carbonyl (C=O) groups is 1. The first kappa shape index (κ1) is 28.4. The molecule has 13 heteroatoms. The molecule has 1 aliphatic rings. The van der Waals surface area contributed by atoms with Crippen LogP contribution in [0.25, 0.3) is 22.3 Å². The summed E-state index contributed by atoms with van der Waals surface area (Å²) in [6, 6.07) is 15.0. The summed E-state index contributed by atoms with van der Waals surface area (Å²) in [7, 11) is -1.81. The minimum absolute atomic E-state index is 0.0166. The Morgan fingerprint density at radius 3 is 2.70 bits per heavy atom. The van der Waals surface area contributed by atoms with E-state index in [9.17, 15) is 13.2 Å². The zero-order chi connectivity index (χ0) is 30.0. The molecule has 6 heterocycles. The highest BCUT2D eigenvalue weighted by Gasteiger charge is 2.19. The number of nitrogens with zero attached hydrogens (tertiary/aromatic N) is 7. The van der Waals surface area contributed by atoms with Crippen LogP contribution in [0.3, 0.4) is 0 Å². The number of nitrogens with one attached hydrogen (secondary N) is 1. The molecule has 220 valence electrons. The highest BCUT2D eigenvalue weighted by molar-refractivity contribution is 7.90. The van der Waals surface area contributed by atoms with Gasteiger partial charge in [-0.25, -0.2) is 18.4 Å². The number of hydrogen-bond donors (Lipinski definition) is 1. The minimum atomic E-state index is -3.48. The number of ether oxygens (including phenoxy) is 1. The Labute approximate surface area is 248 Å². The predicted octanol–water partition coefficient (Wildman–Crippen LogP) is 3.17. The van der Waals surface area contributed by atoms with Crippen LogP contribution in [0.5, 0.6) is 0 Å². The van der Waals surface area contributed by atoms with E-state index in [0.717, 1.165) is 59.7 Å². The molecule has 6 rings (SSSR count). The van der Waals surface area contributed by atoms with E-state index in [4.69, 9.17) is 14.7 Å². The monoisotopic (exact) mass is 598 g/mol. The van der Waals surface area contributed by atoms with Crippen LogP contribution in [-0.4, -0.2) is 64.0 Å². The number of pyridine rings is 4. The lowest BCUT2D eigenvalue weighted by molar-refractivity contribution is 0.0950. The van der Waals surface area contributed by atoms with Gasteiger partial charge in [-0.2, -0.15) is 5.10 Å². The Morgan fingerprint density at radius 1 is 1.00 bits per heavy atom. The van der Waals surface area contributed by atoms with Crippen LogP contribution < -0.4 is 10.2 Å². The first-order valence-electron chi connectivity index (χ1n) is 13.7. The van der Waals surface area contributed by atoms with Crippen molar-refractivity contribution >= 4 is 32.5 Å². The second kappa shape index (κ2) is 11.9. The maximum absolute atomic E-state index is 12.7. The van der Waals surface area contributed by atoms with Crippen molar-refractivity contribution in [2.24, 2.45) is 0 Å². The fraction of sp³-hybridized carbons (Fsp3) is 0.267. The number of carbonyl (C=O) groups excluding carboxylic acids is 1. The molecular weight excluding hydrogens is 568 g/mol. The van der Waals surface area contributed by atoms with E-state index in [1.807, 2.05) is 36.4 Å². The Bertz CT molecular complexity index is 1920. The number of sulfone groups is 1. The zero-order valence-corrected chi connectivity index (χ0v) is 24.6. The smallest absolute Gasteiger partial charge is 0.253 e. The van der Waals surface area contributed by atoms with Gasteiger partial charge in [0.2, 0.25) is 0 Å². The van der Waals surface area contributed by atoms with E-state index >= 15 is 0 Å². The van der Waals surface area contributed by atoms with Gasteiger partial charge in [0.15, 0.2) is 9.84 Å². The molecule has 0 bridgehead atoms. The third kappa shape index (κ3) is 6.37. The van der Waals surface area contributed by atoms with Crippen molar-refractivity contribution in [1.82, 2.24) is 35.0 Å². The maximum atomic E-state index is 12.7. The van der Waals surface area contributed by atoms with Crippen LogP contribution in [0, 0.1) is 0 Å². The number of hydrogen-bond acceptors (Lipinski definition) is 10. The molecule has 1 aliphatic heterocycles. The summed E-state index contributed by atoms with van der Waals surface area (Å²) in [5.41, 5.74) is 5.01. The van der Waals surface area contributed by atoms with E-state index in [-0.39, 0.29) is 17.0 Å². The van der Waals surface area contributed by atoms with Gasteiger partial charge in [-0.1, -0.05) is 6.07 Å². The molecule has 0 aromatic carbocycles. The number of amides is 1. The van der Waals surface area contributed by atoms with Crippen LogP contribution in [0.1, 0.15) is 33.9 Å². The zero-order valence-electron chi connectivity index (χ0n) is 23.8. The van der Waals surface area contributed by atoms with Gasteiger partial charge in [-0.15, -0.1) is 0 Å². The largest absolute Gasteiger partial charge is 0.378 e.